The Bertz CT molecular complexity index is 260. The molecule has 15 heavy (non-hydrogen) atoms. The summed E-state index contributed by atoms with van der Waals surface area (Å²) >= 11 is 0. The molecule has 1 rings (SSSR count). The molecule has 3 nitrogen and oxygen atoms in total. The van der Waals surface area contributed by atoms with Crippen LogP contribution >= 0.6 is 0 Å². The van der Waals surface area contributed by atoms with Crippen LogP contribution in [-0.2, 0) is 4.79 Å². The highest BCUT2D eigenvalue weighted by Gasteiger charge is 2.40. The van der Waals surface area contributed by atoms with Crippen molar-refractivity contribution in [1.29, 1.82) is 0 Å². The average molecular weight is 210 g/mol. The number of nitrogens with zero attached hydrogens (tertiary/aromatic N) is 1. The van der Waals surface area contributed by atoms with E-state index in [1.54, 1.807) is 0 Å². The number of amides is 1. The van der Waals surface area contributed by atoms with Gasteiger partial charge in [0.15, 0.2) is 0 Å². The van der Waals surface area contributed by atoms with Gasteiger partial charge in [-0.1, -0.05) is 33.6 Å². The number of rotatable bonds is 6. The van der Waals surface area contributed by atoms with Gasteiger partial charge in [0.2, 0.25) is 0 Å². The predicted octanol–water partition coefficient (Wildman–Crippen LogP) is 2.65. The van der Waals surface area contributed by atoms with Crippen LogP contribution in [0.15, 0.2) is 4.99 Å². The van der Waals surface area contributed by atoms with E-state index >= 15 is 0 Å². The first-order valence-electron chi connectivity index (χ1n) is 6.08. The van der Waals surface area contributed by atoms with Gasteiger partial charge in [-0.25, -0.2) is 0 Å². The van der Waals surface area contributed by atoms with Gasteiger partial charge >= 0.3 is 0 Å². The first-order chi connectivity index (χ1) is 7.18. The second-order valence-electron chi connectivity index (χ2n) is 4.25. The van der Waals surface area contributed by atoms with Crippen molar-refractivity contribution in [2.75, 3.05) is 0 Å². The molecular weight excluding hydrogens is 188 g/mol. The normalized spacial score (nSPS) is 25.3. The Morgan fingerprint density at radius 2 is 2.00 bits per heavy atom. The fourth-order valence-corrected chi connectivity index (χ4v) is 2.05. The molecule has 0 spiro atoms. The van der Waals surface area contributed by atoms with E-state index in [0.717, 1.165) is 44.4 Å². The van der Waals surface area contributed by atoms with E-state index in [-0.39, 0.29) is 5.91 Å². The molecule has 0 aromatic heterocycles. The third-order valence-corrected chi connectivity index (χ3v) is 3.05. The molecule has 3 heteroatoms. The third-order valence-electron chi connectivity index (χ3n) is 3.05. The van der Waals surface area contributed by atoms with Crippen LogP contribution in [-0.4, -0.2) is 17.3 Å². The van der Waals surface area contributed by atoms with Gasteiger partial charge in [-0.15, -0.1) is 0 Å². The predicted molar refractivity (Wildman–Crippen MR) is 63.0 cm³/mol. The Morgan fingerprint density at radius 1 is 1.27 bits per heavy atom. The van der Waals surface area contributed by atoms with Crippen molar-refractivity contribution >= 4 is 11.7 Å². The zero-order chi connectivity index (χ0) is 11.3. The lowest BCUT2D eigenvalue weighted by atomic mass is 9.91. The van der Waals surface area contributed by atoms with Crippen LogP contribution in [0.25, 0.3) is 0 Å². The quantitative estimate of drug-likeness (QED) is 0.719. The average Bonchev–Trinajstić information content (AvgIpc) is 2.54. The molecule has 1 amide bonds. The Kier molecular flexibility index (Phi) is 4.30. The first kappa shape index (κ1) is 12.2. The molecule has 0 aromatic rings. The Hall–Kier alpha value is -0.860. The molecule has 0 aliphatic carbocycles. The maximum atomic E-state index is 11.9. The van der Waals surface area contributed by atoms with E-state index in [1.165, 1.54) is 0 Å². The van der Waals surface area contributed by atoms with Crippen LogP contribution in [0.1, 0.15) is 59.3 Å². The molecule has 1 unspecified atom stereocenters. The molecule has 1 aliphatic rings. The smallest absolute Gasteiger partial charge is 0.253 e. The molecule has 1 heterocycles. The zero-order valence-electron chi connectivity index (χ0n) is 10.1. The Balaban J connectivity index is 2.71. The number of hydrogen-bond donors (Lipinski definition) is 1. The summed E-state index contributed by atoms with van der Waals surface area (Å²) < 4.78 is 0. The number of unbranched alkanes of at least 4 members (excludes halogenated alkanes) is 1. The molecule has 0 saturated heterocycles. The van der Waals surface area contributed by atoms with E-state index in [0.29, 0.717) is 0 Å². The molecule has 0 saturated carbocycles. The van der Waals surface area contributed by atoms with Crippen molar-refractivity contribution < 1.29 is 4.79 Å². The minimum atomic E-state index is -0.447. The van der Waals surface area contributed by atoms with Crippen LogP contribution < -0.4 is 5.32 Å². The van der Waals surface area contributed by atoms with Gasteiger partial charge in [0.25, 0.3) is 5.91 Å². The van der Waals surface area contributed by atoms with Crippen LogP contribution in [0, 0.1) is 0 Å². The van der Waals surface area contributed by atoms with Gasteiger partial charge in [0.1, 0.15) is 11.4 Å². The number of amidine groups is 1. The fourth-order valence-electron chi connectivity index (χ4n) is 2.05. The largest absolute Gasteiger partial charge is 0.312 e. The van der Waals surface area contributed by atoms with Gasteiger partial charge in [0.05, 0.1) is 0 Å². The van der Waals surface area contributed by atoms with Crippen LogP contribution in [0.4, 0.5) is 0 Å². The summed E-state index contributed by atoms with van der Waals surface area (Å²) in [5.41, 5.74) is -0.447. The second-order valence-corrected chi connectivity index (χ2v) is 4.25. The SMILES string of the molecule is CCCCC1=NC(CC)(CCC)C(=O)N1. The number of hydrogen-bond acceptors (Lipinski definition) is 2. The summed E-state index contributed by atoms with van der Waals surface area (Å²) in [7, 11) is 0. The third kappa shape index (κ3) is 2.58. The maximum Gasteiger partial charge on any atom is 0.253 e. The summed E-state index contributed by atoms with van der Waals surface area (Å²) in [5, 5.41) is 2.93. The molecule has 1 aliphatic heterocycles. The van der Waals surface area contributed by atoms with Crippen molar-refractivity contribution in [3.63, 3.8) is 0 Å². The van der Waals surface area contributed by atoms with Gasteiger partial charge in [-0.3, -0.25) is 9.79 Å². The lowest BCUT2D eigenvalue weighted by molar-refractivity contribution is -0.124. The summed E-state index contributed by atoms with van der Waals surface area (Å²) in [6.07, 6.45) is 5.83. The summed E-state index contributed by atoms with van der Waals surface area (Å²) in [6, 6.07) is 0. The van der Waals surface area contributed by atoms with Crippen LogP contribution in [0.3, 0.4) is 0 Å². The van der Waals surface area contributed by atoms with Crippen LogP contribution in [0.5, 0.6) is 0 Å². The minimum absolute atomic E-state index is 0.109. The minimum Gasteiger partial charge on any atom is -0.312 e. The van der Waals surface area contributed by atoms with E-state index in [4.69, 9.17) is 0 Å². The van der Waals surface area contributed by atoms with Gasteiger partial charge in [-0.2, -0.15) is 0 Å². The van der Waals surface area contributed by atoms with Crippen molar-refractivity contribution in [1.82, 2.24) is 5.32 Å². The Labute approximate surface area is 92.4 Å². The maximum absolute atomic E-state index is 11.9. The molecule has 0 bridgehead atoms. The monoisotopic (exact) mass is 210 g/mol. The van der Waals surface area contributed by atoms with Crippen LogP contribution in [0.2, 0.25) is 0 Å². The first-order valence-corrected chi connectivity index (χ1v) is 6.08. The van der Waals surface area contributed by atoms with E-state index in [2.05, 4.69) is 24.2 Å². The number of carbonyl (C=O) groups excluding carboxylic acids is 1. The number of nitrogens with one attached hydrogen (secondary N) is 1. The van der Waals surface area contributed by atoms with Gasteiger partial charge in [0, 0.05) is 6.42 Å². The molecule has 0 aromatic carbocycles. The zero-order valence-corrected chi connectivity index (χ0v) is 10.1. The summed E-state index contributed by atoms with van der Waals surface area (Å²) in [4.78, 5) is 16.5. The van der Waals surface area contributed by atoms with Gasteiger partial charge in [-0.05, 0) is 19.3 Å². The Morgan fingerprint density at radius 3 is 2.53 bits per heavy atom. The van der Waals surface area contributed by atoms with Gasteiger partial charge < -0.3 is 5.32 Å². The number of carbonyl (C=O) groups is 1. The molecule has 86 valence electrons. The molecular formula is C12H22N2O. The standard InChI is InChI=1S/C12H22N2O/c1-4-7-8-10-13-11(15)12(6-3,14-10)9-5-2/h4-9H2,1-3H3,(H,13,14,15). The van der Waals surface area contributed by atoms with Crippen molar-refractivity contribution in [2.45, 2.75) is 64.8 Å². The van der Waals surface area contributed by atoms with E-state index in [1.807, 2.05) is 6.92 Å². The summed E-state index contributed by atoms with van der Waals surface area (Å²) in [5.74, 6) is 1.01. The molecule has 0 fully saturated rings. The van der Waals surface area contributed by atoms with E-state index in [9.17, 15) is 4.79 Å². The molecule has 0 radical (unpaired) electrons. The highest BCUT2D eigenvalue weighted by atomic mass is 16.2. The topological polar surface area (TPSA) is 41.5 Å². The fraction of sp³-hybridized carbons (Fsp3) is 0.833. The van der Waals surface area contributed by atoms with E-state index < -0.39 is 5.54 Å². The highest BCUT2D eigenvalue weighted by molar-refractivity contribution is 6.08. The lowest BCUT2D eigenvalue weighted by Crippen LogP contribution is -2.39. The molecule has 1 N–H and O–H groups in total. The number of aliphatic imine (C=N–C) groups is 1. The highest BCUT2D eigenvalue weighted by Crippen LogP contribution is 2.27. The summed E-state index contributed by atoms with van der Waals surface area (Å²) in [6.45, 7) is 6.29. The second kappa shape index (κ2) is 5.29. The molecule has 1 atom stereocenters. The van der Waals surface area contributed by atoms with Crippen molar-refractivity contribution in [3.8, 4) is 0 Å². The van der Waals surface area contributed by atoms with Crippen molar-refractivity contribution in [3.05, 3.63) is 0 Å². The van der Waals surface area contributed by atoms with Crippen molar-refractivity contribution in [2.24, 2.45) is 4.99 Å². The lowest BCUT2D eigenvalue weighted by Gasteiger charge is -2.20.